The van der Waals surface area contributed by atoms with Gasteiger partial charge in [-0.15, -0.1) is 36.2 Å². The summed E-state index contributed by atoms with van der Waals surface area (Å²) in [6.07, 6.45) is 0.380. The molecule has 1 amide bonds. The molecule has 2 aromatic rings. The molecule has 7 heteroatoms. The second-order valence-corrected chi connectivity index (χ2v) is 6.20. The van der Waals surface area contributed by atoms with Crippen LogP contribution in [0.1, 0.15) is 16.5 Å². The van der Waals surface area contributed by atoms with E-state index in [-0.39, 0.29) is 36.8 Å². The number of amides is 1. The van der Waals surface area contributed by atoms with E-state index < -0.39 is 0 Å². The smallest absolute Gasteiger partial charge is 0.224 e. The Hall–Kier alpha value is -1.27. The third-order valence-corrected chi connectivity index (χ3v) is 4.31. The molecule has 0 aliphatic carbocycles. The van der Waals surface area contributed by atoms with Crippen molar-refractivity contribution in [2.45, 2.75) is 12.5 Å². The van der Waals surface area contributed by atoms with Crippen LogP contribution in [0.15, 0.2) is 41.8 Å². The van der Waals surface area contributed by atoms with E-state index in [9.17, 15) is 4.79 Å². The monoisotopic (exact) mass is 375 g/mol. The first-order valence-electron chi connectivity index (χ1n) is 6.87. The van der Waals surface area contributed by atoms with Crippen molar-refractivity contribution in [3.8, 4) is 0 Å². The van der Waals surface area contributed by atoms with Crippen molar-refractivity contribution in [3.05, 3.63) is 52.2 Å². The van der Waals surface area contributed by atoms with Gasteiger partial charge in [-0.05, 0) is 43.2 Å². The van der Waals surface area contributed by atoms with Gasteiger partial charge in [0.15, 0.2) is 0 Å². The maximum atomic E-state index is 12.0. The Morgan fingerprint density at radius 2 is 1.87 bits per heavy atom. The van der Waals surface area contributed by atoms with Crippen molar-refractivity contribution >= 4 is 47.7 Å². The van der Waals surface area contributed by atoms with Crippen LogP contribution >= 0.6 is 36.2 Å². The average Bonchev–Trinajstić information content (AvgIpc) is 2.95. The summed E-state index contributed by atoms with van der Waals surface area (Å²) >= 11 is 1.71. The maximum Gasteiger partial charge on any atom is 0.224 e. The van der Waals surface area contributed by atoms with E-state index in [2.05, 4.69) is 21.7 Å². The Balaban J connectivity index is 0.00000242. The number of nitrogen functional groups attached to an aromatic ring is 1. The fraction of sp³-hybridized carbons (Fsp3) is 0.312. The normalized spacial score (nSPS) is 11.3. The minimum absolute atomic E-state index is 0. The molecule has 4 nitrogen and oxygen atoms in total. The predicted octanol–water partition coefficient (Wildman–Crippen LogP) is 3.14. The summed E-state index contributed by atoms with van der Waals surface area (Å²) in [6, 6.07) is 11.7. The summed E-state index contributed by atoms with van der Waals surface area (Å²) in [7, 11) is 4.05. The van der Waals surface area contributed by atoms with Crippen LogP contribution in [-0.4, -0.2) is 31.4 Å². The van der Waals surface area contributed by atoms with Gasteiger partial charge >= 0.3 is 0 Å². The number of anilines is 1. The van der Waals surface area contributed by atoms with Gasteiger partial charge in [-0.1, -0.05) is 18.2 Å². The summed E-state index contributed by atoms with van der Waals surface area (Å²) in [6.45, 7) is 0.612. The van der Waals surface area contributed by atoms with Crippen LogP contribution in [0.5, 0.6) is 0 Å². The maximum absolute atomic E-state index is 12.0. The number of rotatable bonds is 6. The number of nitrogens with two attached hydrogens (primary N) is 1. The highest BCUT2D eigenvalue weighted by Crippen LogP contribution is 2.22. The molecule has 0 saturated heterocycles. The van der Waals surface area contributed by atoms with Crippen LogP contribution < -0.4 is 11.1 Å². The van der Waals surface area contributed by atoms with Crippen LogP contribution in [-0.2, 0) is 11.2 Å². The summed E-state index contributed by atoms with van der Waals surface area (Å²) in [5.74, 6) is 0.0307. The number of halogens is 2. The molecule has 1 heterocycles. The minimum atomic E-state index is 0. The molecule has 1 atom stereocenters. The van der Waals surface area contributed by atoms with Crippen LogP contribution in [0.2, 0.25) is 0 Å². The number of hydrogen-bond donors (Lipinski definition) is 2. The highest BCUT2D eigenvalue weighted by Gasteiger charge is 2.16. The second-order valence-electron chi connectivity index (χ2n) is 5.22. The molecule has 1 aromatic carbocycles. The largest absolute Gasteiger partial charge is 0.399 e. The van der Waals surface area contributed by atoms with Crippen molar-refractivity contribution in [2.75, 3.05) is 26.4 Å². The Bertz CT molecular complexity index is 574. The van der Waals surface area contributed by atoms with Gasteiger partial charge in [0.2, 0.25) is 5.91 Å². The molecule has 1 unspecified atom stereocenters. The lowest BCUT2D eigenvalue weighted by Crippen LogP contribution is -2.34. The molecule has 23 heavy (non-hydrogen) atoms. The van der Waals surface area contributed by atoms with Crippen molar-refractivity contribution in [1.29, 1.82) is 0 Å². The third-order valence-electron chi connectivity index (χ3n) is 3.33. The molecule has 0 aliphatic rings. The van der Waals surface area contributed by atoms with Gasteiger partial charge in [0, 0.05) is 17.1 Å². The number of nitrogens with one attached hydrogen (secondary N) is 1. The number of hydrogen-bond acceptors (Lipinski definition) is 4. The first-order valence-corrected chi connectivity index (χ1v) is 7.75. The van der Waals surface area contributed by atoms with Crippen LogP contribution in [0.3, 0.4) is 0 Å². The van der Waals surface area contributed by atoms with Crippen molar-refractivity contribution < 1.29 is 4.79 Å². The lowest BCUT2D eigenvalue weighted by Gasteiger charge is -2.23. The van der Waals surface area contributed by atoms with Crippen LogP contribution in [0.4, 0.5) is 5.69 Å². The summed E-state index contributed by atoms with van der Waals surface area (Å²) in [5.41, 5.74) is 7.32. The van der Waals surface area contributed by atoms with Gasteiger partial charge in [-0.2, -0.15) is 0 Å². The van der Waals surface area contributed by atoms with Crippen molar-refractivity contribution in [1.82, 2.24) is 10.2 Å². The highest BCUT2D eigenvalue weighted by molar-refractivity contribution is 7.10. The first kappa shape index (κ1) is 21.7. The zero-order chi connectivity index (χ0) is 15.2. The Kier molecular flexibility index (Phi) is 9.91. The molecule has 3 N–H and O–H groups in total. The topological polar surface area (TPSA) is 58.4 Å². The Labute approximate surface area is 153 Å². The first-order chi connectivity index (χ1) is 10.1. The minimum Gasteiger partial charge on any atom is -0.399 e. The van der Waals surface area contributed by atoms with Gasteiger partial charge in [-0.25, -0.2) is 0 Å². The molecule has 0 radical (unpaired) electrons. The quantitative estimate of drug-likeness (QED) is 0.762. The number of benzene rings is 1. The second kappa shape index (κ2) is 10.5. The van der Waals surface area contributed by atoms with Gasteiger partial charge in [0.1, 0.15) is 0 Å². The zero-order valence-corrected chi connectivity index (χ0v) is 15.6. The SMILES string of the molecule is CN(C)C(CNC(=O)Cc1ccc(N)cc1)c1cccs1.Cl.Cl. The highest BCUT2D eigenvalue weighted by atomic mass is 35.5. The molecular weight excluding hydrogens is 353 g/mol. The molecule has 0 aliphatic heterocycles. The van der Waals surface area contributed by atoms with Crippen molar-refractivity contribution in [2.24, 2.45) is 0 Å². The van der Waals surface area contributed by atoms with Crippen LogP contribution in [0, 0.1) is 0 Å². The lowest BCUT2D eigenvalue weighted by atomic mass is 10.1. The summed E-state index contributed by atoms with van der Waals surface area (Å²) < 4.78 is 0. The summed E-state index contributed by atoms with van der Waals surface area (Å²) in [5, 5.41) is 5.07. The van der Waals surface area contributed by atoms with Gasteiger partial charge in [0.25, 0.3) is 0 Å². The van der Waals surface area contributed by atoms with E-state index >= 15 is 0 Å². The van der Waals surface area contributed by atoms with Crippen LogP contribution in [0.25, 0.3) is 0 Å². The number of carbonyl (C=O) groups excluding carboxylic acids is 1. The molecular formula is C16H23Cl2N3OS. The molecule has 2 rings (SSSR count). The zero-order valence-electron chi connectivity index (χ0n) is 13.2. The Morgan fingerprint density at radius 1 is 1.22 bits per heavy atom. The van der Waals surface area contributed by atoms with Gasteiger partial charge in [0.05, 0.1) is 12.5 Å². The molecule has 0 spiro atoms. The molecule has 0 fully saturated rings. The van der Waals surface area contributed by atoms with E-state index in [1.165, 1.54) is 4.88 Å². The molecule has 0 bridgehead atoms. The number of likely N-dealkylation sites (N-methyl/N-ethyl adjacent to an activating group) is 1. The predicted molar refractivity (Wildman–Crippen MR) is 103 cm³/mol. The standard InChI is InChI=1S/C16H21N3OS.2ClH/c1-19(2)14(15-4-3-9-21-15)11-18-16(20)10-12-5-7-13(17)8-6-12;;/h3-9,14H,10-11,17H2,1-2H3,(H,18,20);2*1H. The number of nitrogens with zero attached hydrogens (tertiary/aromatic N) is 1. The number of carbonyl (C=O) groups is 1. The van der Waals surface area contributed by atoms with E-state index in [0.717, 1.165) is 5.56 Å². The van der Waals surface area contributed by atoms with Crippen molar-refractivity contribution in [3.63, 3.8) is 0 Å². The molecule has 0 saturated carbocycles. The van der Waals surface area contributed by atoms with E-state index in [1.807, 2.05) is 44.4 Å². The third kappa shape index (κ3) is 6.79. The average molecular weight is 376 g/mol. The lowest BCUT2D eigenvalue weighted by molar-refractivity contribution is -0.120. The van der Waals surface area contributed by atoms with Gasteiger partial charge < -0.3 is 16.0 Å². The molecule has 1 aromatic heterocycles. The number of thiophene rings is 1. The van der Waals surface area contributed by atoms with Gasteiger partial charge in [-0.3, -0.25) is 4.79 Å². The summed E-state index contributed by atoms with van der Waals surface area (Å²) in [4.78, 5) is 15.4. The fourth-order valence-electron chi connectivity index (χ4n) is 2.11. The molecule has 128 valence electrons. The fourth-order valence-corrected chi connectivity index (χ4v) is 3.04. The van der Waals surface area contributed by atoms with E-state index in [0.29, 0.717) is 18.7 Å². The van der Waals surface area contributed by atoms with E-state index in [1.54, 1.807) is 11.3 Å². The van der Waals surface area contributed by atoms with E-state index in [4.69, 9.17) is 5.73 Å². The Morgan fingerprint density at radius 3 is 2.39 bits per heavy atom.